The van der Waals surface area contributed by atoms with Gasteiger partial charge in [0.1, 0.15) is 5.65 Å². The van der Waals surface area contributed by atoms with Crippen LogP contribution in [0.15, 0.2) is 36.5 Å². The van der Waals surface area contributed by atoms with E-state index in [1.165, 1.54) is 0 Å². The lowest BCUT2D eigenvalue weighted by atomic mass is 10.2. The molecule has 3 rings (SSSR count). The van der Waals surface area contributed by atoms with Crippen LogP contribution < -0.4 is 4.74 Å². The monoisotopic (exact) mass is 241 g/mol. The van der Waals surface area contributed by atoms with Crippen molar-refractivity contribution < 1.29 is 9.53 Å². The van der Waals surface area contributed by atoms with Crippen molar-refractivity contribution in [3.63, 3.8) is 0 Å². The summed E-state index contributed by atoms with van der Waals surface area (Å²) in [7, 11) is 1.58. The number of nitrogens with one attached hydrogen (secondary N) is 1. The number of hydrogen-bond donors (Lipinski definition) is 1. The van der Waals surface area contributed by atoms with Crippen molar-refractivity contribution in [3.8, 4) is 17.3 Å². The number of imidazole rings is 1. The first-order chi connectivity index (χ1) is 8.81. The number of H-pyrrole nitrogens is 1. The molecule has 5 heteroatoms. The molecule has 0 saturated heterocycles. The highest BCUT2D eigenvalue weighted by Crippen LogP contribution is 2.22. The Morgan fingerprint density at radius 1 is 1.33 bits per heavy atom. The molecule has 5 nitrogen and oxygen atoms in total. The van der Waals surface area contributed by atoms with Crippen LogP contribution in [0.3, 0.4) is 0 Å². The molecule has 0 bridgehead atoms. The molecule has 0 aliphatic carbocycles. The second kappa shape index (κ2) is 4.03. The maximum Gasteiger partial charge on any atom is 0.232 e. The Balaban J connectivity index is 2.21. The summed E-state index contributed by atoms with van der Waals surface area (Å²) in [6.45, 7) is 0. The SMILES string of the molecule is COc1cn2c(-c3ccc(C=O)[nH]3)cccc2n1. The molecule has 0 aliphatic heterocycles. The predicted molar refractivity (Wildman–Crippen MR) is 66.9 cm³/mol. The lowest BCUT2D eigenvalue weighted by molar-refractivity contribution is 0.111. The molecule has 90 valence electrons. The molecule has 0 spiro atoms. The van der Waals surface area contributed by atoms with Crippen LogP contribution in [-0.4, -0.2) is 27.8 Å². The summed E-state index contributed by atoms with van der Waals surface area (Å²) in [6, 6.07) is 9.38. The standard InChI is InChI=1S/C13H11N3O2/c1-18-13-7-16-11(3-2-4-12(16)15-13)10-6-5-9(8-17)14-10/h2-8,14H,1H3. The minimum Gasteiger partial charge on any atom is -0.480 e. The first-order valence-electron chi connectivity index (χ1n) is 5.48. The average Bonchev–Trinajstić information content (AvgIpc) is 3.04. The van der Waals surface area contributed by atoms with E-state index < -0.39 is 0 Å². The number of aromatic nitrogens is 3. The van der Waals surface area contributed by atoms with Crippen molar-refractivity contribution in [1.82, 2.24) is 14.4 Å². The maximum atomic E-state index is 10.7. The molecule has 3 heterocycles. The van der Waals surface area contributed by atoms with Crippen molar-refractivity contribution in [1.29, 1.82) is 0 Å². The number of aromatic amines is 1. The molecule has 18 heavy (non-hydrogen) atoms. The number of pyridine rings is 1. The van der Waals surface area contributed by atoms with E-state index in [9.17, 15) is 4.79 Å². The Morgan fingerprint density at radius 2 is 2.22 bits per heavy atom. The van der Waals surface area contributed by atoms with Crippen molar-refractivity contribution >= 4 is 11.9 Å². The fourth-order valence-corrected chi connectivity index (χ4v) is 1.94. The molecular weight excluding hydrogens is 230 g/mol. The van der Waals surface area contributed by atoms with Gasteiger partial charge in [0.15, 0.2) is 6.29 Å². The number of ether oxygens (including phenoxy) is 1. The zero-order chi connectivity index (χ0) is 12.5. The van der Waals surface area contributed by atoms with E-state index in [2.05, 4.69) is 9.97 Å². The number of aldehydes is 1. The molecule has 0 atom stereocenters. The third-order valence-electron chi connectivity index (χ3n) is 2.79. The summed E-state index contributed by atoms with van der Waals surface area (Å²) >= 11 is 0. The highest BCUT2D eigenvalue weighted by atomic mass is 16.5. The van der Waals surface area contributed by atoms with Gasteiger partial charge in [0.25, 0.3) is 0 Å². The van der Waals surface area contributed by atoms with E-state index >= 15 is 0 Å². The first-order valence-corrected chi connectivity index (χ1v) is 5.48. The van der Waals surface area contributed by atoms with Gasteiger partial charge in [-0.1, -0.05) is 6.07 Å². The Hall–Kier alpha value is -2.56. The largest absolute Gasteiger partial charge is 0.480 e. The zero-order valence-corrected chi connectivity index (χ0v) is 9.75. The number of hydrogen-bond acceptors (Lipinski definition) is 3. The minimum atomic E-state index is 0.550. The Bertz CT molecular complexity index is 712. The van der Waals surface area contributed by atoms with E-state index in [0.29, 0.717) is 11.6 Å². The summed E-state index contributed by atoms with van der Waals surface area (Å²) in [6.07, 6.45) is 2.60. The molecule has 0 amide bonds. The summed E-state index contributed by atoms with van der Waals surface area (Å²) in [5, 5.41) is 0. The zero-order valence-electron chi connectivity index (χ0n) is 9.75. The van der Waals surface area contributed by atoms with Gasteiger partial charge < -0.3 is 9.72 Å². The van der Waals surface area contributed by atoms with E-state index in [-0.39, 0.29) is 0 Å². The Kier molecular flexibility index (Phi) is 2.37. The summed E-state index contributed by atoms with van der Waals surface area (Å²) < 4.78 is 7.03. The van der Waals surface area contributed by atoms with Gasteiger partial charge in [0.2, 0.25) is 5.88 Å². The molecule has 0 unspecified atom stereocenters. The third kappa shape index (κ3) is 1.57. The lowest BCUT2D eigenvalue weighted by Gasteiger charge is -2.02. The number of nitrogens with zero attached hydrogens (tertiary/aromatic N) is 2. The molecule has 0 aliphatic rings. The molecule has 0 aromatic carbocycles. The molecule has 0 fully saturated rings. The van der Waals surface area contributed by atoms with E-state index in [4.69, 9.17) is 4.74 Å². The predicted octanol–water partition coefficient (Wildman–Crippen LogP) is 2.15. The third-order valence-corrected chi connectivity index (χ3v) is 2.79. The topological polar surface area (TPSA) is 59.4 Å². The van der Waals surface area contributed by atoms with Gasteiger partial charge in [-0.25, -0.2) is 0 Å². The highest BCUT2D eigenvalue weighted by molar-refractivity contribution is 5.75. The first kappa shape index (κ1) is 10.6. The summed E-state index contributed by atoms with van der Waals surface area (Å²) in [5.74, 6) is 0.560. The molecule has 3 aromatic heterocycles. The second-order valence-corrected chi connectivity index (χ2v) is 3.87. The summed E-state index contributed by atoms with van der Waals surface area (Å²) in [5.41, 5.74) is 3.14. The van der Waals surface area contributed by atoms with Gasteiger partial charge in [-0.05, 0) is 24.3 Å². The van der Waals surface area contributed by atoms with Gasteiger partial charge in [0.05, 0.1) is 30.4 Å². The van der Waals surface area contributed by atoms with Crippen LogP contribution in [0.25, 0.3) is 17.0 Å². The number of fused-ring (bicyclic) bond motifs is 1. The molecule has 1 N–H and O–H groups in total. The minimum absolute atomic E-state index is 0.550. The van der Waals surface area contributed by atoms with Gasteiger partial charge in [-0.3, -0.25) is 9.20 Å². The quantitative estimate of drug-likeness (QED) is 0.715. The number of rotatable bonds is 3. The van der Waals surface area contributed by atoms with Gasteiger partial charge in [-0.2, -0.15) is 4.98 Å². The van der Waals surface area contributed by atoms with E-state index in [1.807, 2.05) is 34.9 Å². The van der Waals surface area contributed by atoms with Gasteiger partial charge in [0, 0.05) is 0 Å². The lowest BCUT2D eigenvalue weighted by Crippen LogP contribution is -1.90. The van der Waals surface area contributed by atoms with Crippen LogP contribution in [0.2, 0.25) is 0 Å². The Labute approximate surface area is 103 Å². The van der Waals surface area contributed by atoms with Gasteiger partial charge in [-0.15, -0.1) is 0 Å². The average molecular weight is 241 g/mol. The van der Waals surface area contributed by atoms with E-state index in [0.717, 1.165) is 23.3 Å². The smallest absolute Gasteiger partial charge is 0.232 e. The van der Waals surface area contributed by atoms with E-state index in [1.54, 1.807) is 13.2 Å². The molecular formula is C13H11N3O2. The second-order valence-electron chi connectivity index (χ2n) is 3.87. The van der Waals surface area contributed by atoms with Crippen molar-refractivity contribution in [2.45, 2.75) is 0 Å². The molecule has 0 radical (unpaired) electrons. The summed E-state index contributed by atoms with van der Waals surface area (Å²) in [4.78, 5) is 18.0. The fraction of sp³-hybridized carbons (Fsp3) is 0.0769. The number of carbonyl (C=O) groups excluding carboxylic acids is 1. The normalized spacial score (nSPS) is 10.7. The van der Waals surface area contributed by atoms with Crippen LogP contribution >= 0.6 is 0 Å². The fourth-order valence-electron chi connectivity index (χ4n) is 1.94. The van der Waals surface area contributed by atoms with Crippen LogP contribution in [0.5, 0.6) is 5.88 Å². The van der Waals surface area contributed by atoms with Crippen molar-refractivity contribution in [3.05, 3.63) is 42.2 Å². The van der Waals surface area contributed by atoms with Gasteiger partial charge >= 0.3 is 0 Å². The van der Waals surface area contributed by atoms with Crippen molar-refractivity contribution in [2.75, 3.05) is 7.11 Å². The van der Waals surface area contributed by atoms with Crippen LogP contribution in [0.4, 0.5) is 0 Å². The maximum absolute atomic E-state index is 10.7. The van der Waals surface area contributed by atoms with Crippen LogP contribution in [-0.2, 0) is 0 Å². The highest BCUT2D eigenvalue weighted by Gasteiger charge is 2.08. The number of carbonyl (C=O) groups is 1. The number of methoxy groups -OCH3 is 1. The molecule has 3 aromatic rings. The van der Waals surface area contributed by atoms with Crippen molar-refractivity contribution in [2.24, 2.45) is 0 Å². The molecule has 0 saturated carbocycles. The van der Waals surface area contributed by atoms with Crippen LogP contribution in [0.1, 0.15) is 10.5 Å². The van der Waals surface area contributed by atoms with Crippen LogP contribution in [0, 0.1) is 0 Å². The Morgan fingerprint density at radius 3 is 2.94 bits per heavy atom.